The Morgan fingerprint density at radius 2 is 0.707 bits per heavy atom. The van der Waals surface area contributed by atoms with Crippen molar-refractivity contribution in [3.05, 3.63) is 239 Å². The van der Waals surface area contributed by atoms with E-state index in [0.717, 1.165) is 105 Å². The zero-order valence-corrected chi connectivity index (χ0v) is 55.1. The van der Waals surface area contributed by atoms with Gasteiger partial charge in [-0.1, -0.05) is 56.3 Å². The van der Waals surface area contributed by atoms with Crippen LogP contribution in [0.1, 0.15) is 75.4 Å². The van der Waals surface area contributed by atoms with Crippen molar-refractivity contribution in [1.82, 2.24) is 19.9 Å². The van der Waals surface area contributed by atoms with Crippen molar-refractivity contribution >= 4 is 88.3 Å². The Labute approximate surface area is 535 Å². The minimum absolute atomic E-state index is 0.488. The number of pyridine rings is 8. The molecule has 0 aliphatic carbocycles. The van der Waals surface area contributed by atoms with Crippen LogP contribution in [0.4, 0.5) is 0 Å². The van der Waals surface area contributed by atoms with Crippen molar-refractivity contribution in [2.75, 3.05) is 0 Å². The molecule has 0 N–H and O–H groups in total. The van der Waals surface area contributed by atoms with Crippen LogP contribution in [0.25, 0.3) is 133 Å². The second-order valence-electron chi connectivity index (χ2n) is 25.0. The van der Waals surface area contributed by atoms with Gasteiger partial charge in [0.2, 0.25) is 45.6 Å². The fraction of sp³-hybridized carbons (Fsp3) is 0.200. The van der Waals surface area contributed by atoms with Crippen molar-refractivity contribution in [3.63, 3.8) is 0 Å². The van der Waals surface area contributed by atoms with Gasteiger partial charge in [0.15, 0.2) is 47.1 Å². The number of benzene rings is 4. The number of fused-ring (bicyclic) bond motifs is 12. The van der Waals surface area contributed by atoms with E-state index in [9.17, 15) is 0 Å². The molecule has 16 rings (SSSR count). The predicted molar refractivity (Wildman–Crippen MR) is 369 cm³/mol. The zero-order chi connectivity index (χ0) is 64.4. The summed E-state index contributed by atoms with van der Waals surface area (Å²) in [7, 11) is 8.31. The quantitative estimate of drug-likeness (QED) is 0.156. The van der Waals surface area contributed by atoms with Crippen LogP contribution in [0.5, 0.6) is 0 Å². The average Bonchev–Trinajstić information content (AvgIpc) is 1.59. The van der Waals surface area contributed by atoms with Crippen LogP contribution in [0.3, 0.4) is 0 Å². The Kier molecular flexibility index (Phi) is 15.9. The molecule has 0 unspecified atom stereocenters. The summed E-state index contributed by atoms with van der Waals surface area (Å²) < 4.78 is 33.2. The lowest BCUT2D eigenvalue weighted by molar-refractivity contribution is -0.660. The van der Waals surface area contributed by atoms with Gasteiger partial charge in [0.1, 0.15) is 28.2 Å². The molecule has 0 saturated carbocycles. The molecule has 0 amide bonds. The Balaban J connectivity index is 0.000000112. The van der Waals surface area contributed by atoms with Gasteiger partial charge in [0.25, 0.3) is 0 Å². The van der Waals surface area contributed by atoms with E-state index in [1.54, 1.807) is 24.8 Å². The van der Waals surface area contributed by atoms with Crippen LogP contribution in [-0.4, -0.2) is 19.9 Å². The SMILES string of the molecule is Cc1cc(-c2c(C)ccc3c2oc2ncccc23)[n+](C)cc1C.Cc1ccc(-c2c(C)cc(C)c3c2oc2ncccc23)[n+](C)c1.Cc1ccc(-c2c(C)ccc3c2oc2ncccc23)[n+](C)c1.Cc1ccc2c(oc3ncccc32)c1-c1cc(C(C)C)cc[n+]1C. The minimum Gasteiger partial charge on any atom is -0.437 e. The number of rotatable bonds is 5. The maximum Gasteiger partial charge on any atom is 0.227 e. The van der Waals surface area contributed by atoms with E-state index in [1.165, 1.54) is 61.3 Å². The van der Waals surface area contributed by atoms with Gasteiger partial charge in [-0.05, 0) is 168 Å². The molecular weight excluding hydrogens is 1140 g/mol. The second kappa shape index (κ2) is 24.2. The summed E-state index contributed by atoms with van der Waals surface area (Å²) in [5.74, 6) is 0.488. The highest BCUT2D eigenvalue weighted by Crippen LogP contribution is 2.41. The maximum absolute atomic E-state index is 6.16. The smallest absolute Gasteiger partial charge is 0.227 e. The third-order valence-electron chi connectivity index (χ3n) is 18.0. The first kappa shape index (κ1) is 60.2. The Bertz CT molecular complexity index is 5570. The van der Waals surface area contributed by atoms with E-state index in [4.69, 9.17) is 17.7 Å². The zero-order valence-electron chi connectivity index (χ0n) is 55.1. The van der Waals surface area contributed by atoms with Gasteiger partial charge in [-0.25, -0.2) is 38.2 Å². The molecule has 0 aliphatic heterocycles. The van der Waals surface area contributed by atoms with Crippen LogP contribution < -0.4 is 18.3 Å². The van der Waals surface area contributed by atoms with Gasteiger partial charge in [-0.2, -0.15) is 0 Å². The molecule has 92 heavy (non-hydrogen) atoms. The molecule has 12 heterocycles. The molecular formula is C80H76N8O4+4. The van der Waals surface area contributed by atoms with Crippen molar-refractivity contribution < 1.29 is 35.9 Å². The maximum atomic E-state index is 6.16. The molecule has 0 atom stereocenters. The fourth-order valence-electron chi connectivity index (χ4n) is 13.1. The number of aryl methyl sites for hydroxylation is 13. The largest absolute Gasteiger partial charge is 0.437 e. The topological polar surface area (TPSA) is 120 Å². The summed E-state index contributed by atoms with van der Waals surface area (Å²) in [6.07, 6.45) is 15.7. The number of hydrogen-bond acceptors (Lipinski definition) is 8. The van der Waals surface area contributed by atoms with Crippen LogP contribution in [-0.2, 0) is 28.2 Å². The van der Waals surface area contributed by atoms with Crippen molar-refractivity contribution in [3.8, 4) is 45.0 Å². The molecule has 0 saturated heterocycles. The van der Waals surface area contributed by atoms with Crippen LogP contribution in [0.2, 0.25) is 0 Å². The lowest BCUT2D eigenvalue weighted by atomic mass is 9.97. The lowest BCUT2D eigenvalue weighted by Gasteiger charge is -2.09. The second-order valence-corrected chi connectivity index (χ2v) is 25.0. The summed E-state index contributed by atoms with van der Waals surface area (Å²) >= 11 is 0. The summed E-state index contributed by atoms with van der Waals surface area (Å²) in [5.41, 5.74) is 28.1. The molecule has 4 aromatic carbocycles. The first-order valence-electron chi connectivity index (χ1n) is 31.3. The van der Waals surface area contributed by atoms with Gasteiger partial charge in [0, 0.05) is 115 Å². The van der Waals surface area contributed by atoms with E-state index in [2.05, 4.69) is 277 Å². The lowest BCUT2D eigenvalue weighted by Crippen LogP contribution is -2.31. The Morgan fingerprint density at radius 3 is 1.15 bits per heavy atom. The van der Waals surface area contributed by atoms with E-state index >= 15 is 0 Å². The van der Waals surface area contributed by atoms with Gasteiger partial charge >= 0.3 is 0 Å². The van der Waals surface area contributed by atoms with E-state index in [0.29, 0.717) is 28.8 Å². The van der Waals surface area contributed by atoms with Crippen LogP contribution >= 0.6 is 0 Å². The molecule has 0 fully saturated rings. The number of furan rings is 4. The highest BCUT2D eigenvalue weighted by atomic mass is 16.4. The first-order valence-corrected chi connectivity index (χ1v) is 31.3. The highest BCUT2D eigenvalue weighted by molar-refractivity contribution is 6.12. The van der Waals surface area contributed by atoms with Gasteiger partial charge in [-0.3, -0.25) is 0 Å². The highest BCUT2D eigenvalue weighted by Gasteiger charge is 2.26. The fourth-order valence-corrected chi connectivity index (χ4v) is 13.1. The standard InChI is InChI=1S/C21H21N2O.2C20H19N2O.C19H17N2O/c1-13(2)15-9-11-23(4)18(12-15)19-14(3)7-8-16-17-6-5-10-22-21(17)24-20(16)19;1-12-7-8-15-16-6-5-9-21-20(16)23-19(15)18(12)17-10-13(2)14(3)11-22(17)4;1-12-7-8-16(22(4)11-12)18-14(3)10-13(2)17-15-6-5-9-21-20(15)23-19(17)18;1-12-6-9-16(21(3)11-12)17-13(2)7-8-14-15-5-4-10-20-19(15)22-18(14)17/h5-13H,1-4H3;2*5-11H,1-4H3;4-11H,1-3H3/q4*+1. The Hall–Kier alpha value is -10.7. The van der Waals surface area contributed by atoms with Gasteiger partial charge < -0.3 is 17.7 Å². The summed E-state index contributed by atoms with van der Waals surface area (Å²) in [4.78, 5) is 17.5. The monoisotopic (exact) mass is 1210 g/mol. The number of aromatic nitrogens is 8. The molecule has 0 radical (unpaired) electrons. The first-order chi connectivity index (χ1) is 44.3. The Morgan fingerprint density at radius 1 is 0.315 bits per heavy atom. The molecule has 12 nitrogen and oxygen atoms in total. The van der Waals surface area contributed by atoms with E-state index < -0.39 is 0 Å². The summed E-state index contributed by atoms with van der Waals surface area (Å²) in [6, 6.07) is 46.5. The van der Waals surface area contributed by atoms with E-state index in [1.807, 2.05) is 24.3 Å². The molecule has 0 aliphatic rings. The third kappa shape index (κ3) is 10.9. The van der Waals surface area contributed by atoms with Gasteiger partial charge in [-0.15, -0.1) is 0 Å². The molecule has 12 heteroatoms. The van der Waals surface area contributed by atoms with Crippen molar-refractivity contribution in [2.24, 2.45) is 28.2 Å². The molecule has 0 bridgehead atoms. The van der Waals surface area contributed by atoms with Crippen LogP contribution in [0, 0.1) is 62.3 Å². The van der Waals surface area contributed by atoms with Crippen LogP contribution in [0.15, 0.2) is 201 Å². The molecule has 456 valence electrons. The molecule has 0 spiro atoms. The van der Waals surface area contributed by atoms with Gasteiger partial charge in [0.05, 0.1) is 22.3 Å². The molecule has 16 aromatic rings. The normalized spacial score (nSPS) is 11.5. The third-order valence-corrected chi connectivity index (χ3v) is 18.0. The van der Waals surface area contributed by atoms with Crippen molar-refractivity contribution in [1.29, 1.82) is 0 Å². The number of nitrogens with zero attached hydrogens (tertiary/aromatic N) is 8. The average molecular weight is 1210 g/mol. The van der Waals surface area contributed by atoms with Crippen molar-refractivity contribution in [2.45, 2.75) is 82.1 Å². The molecule has 12 aromatic heterocycles. The summed E-state index contributed by atoms with van der Waals surface area (Å²) in [6.45, 7) is 23.6. The number of hydrogen-bond donors (Lipinski definition) is 0. The summed E-state index contributed by atoms with van der Waals surface area (Å²) in [5, 5.41) is 8.79. The predicted octanol–water partition coefficient (Wildman–Crippen LogP) is 17.8. The van der Waals surface area contributed by atoms with E-state index in [-0.39, 0.29) is 0 Å². The minimum atomic E-state index is 0.488.